The first kappa shape index (κ1) is 8.53. The van der Waals surface area contributed by atoms with Crippen LogP contribution < -0.4 is 5.73 Å². The SMILES string of the molecule is CC(C)N1CC(C)(CN)C1=O. The van der Waals surface area contributed by atoms with Gasteiger partial charge in [-0.2, -0.15) is 0 Å². The Morgan fingerprint density at radius 3 is 2.55 bits per heavy atom. The van der Waals surface area contributed by atoms with Crippen molar-refractivity contribution in [2.75, 3.05) is 13.1 Å². The molecule has 0 bridgehead atoms. The molecule has 11 heavy (non-hydrogen) atoms. The number of hydrogen-bond donors (Lipinski definition) is 1. The lowest BCUT2D eigenvalue weighted by atomic mass is 9.80. The third-order valence-electron chi connectivity index (χ3n) is 2.37. The number of amides is 1. The van der Waals surface area contributed by atoms with Gasteiger partial charge in [0.15, 0.2) is 0 Å². The number of nitrogens with zero attached hydrogens (tertiary/aromatic N) is 1. The van der Waals surface area contributed by atoms with Crippen LogP contribution in [0.15, 0.2) is 0 Å². The highest BCUT2D eigenvalue weighted by molar-refractivity contribution is 5.88. The summed E-state index contributed by atoms with van der Waals surface area (Å²) in [5.74, 6) is 0.204. The van der Waals surface area contributed by atoms with Crippen LogP contribution in [0.4, 0.5) is 0 Å². The second kappa shape index (κ2) is 2.48. The molecule has 1 aliphatic rings. The van der Waals surface area contributed by atoms with Gasteiger partial charge in [0.05, 0.1) is 5.41 Å². The Morgan fingerprint density at radius 2 is 2.27 bits per heavy atom. The van der Waals surface area contributed by atoms with E-state index in [0.717, 1.165) is 6.54 Å². The summed E-state index contributed by atoms with van der Waals surface area (Å²) < 4.78 is 0. The van der Waals surface area contributed by atoms with Crippen LogP contribution in [0, 0.1) is 5.41 Å². The van der Waals surface area contributed by atoms with E-state index in [4.69, 9.17) is 5.73 Å². The highest BCUT2D eigenvalue weighted by Gasteiger charge is 2.47. The summed E-state index contributed by atoms with van der Waals surface area (Å²) in [6.45, 7) is 7.26. The molecule has 1 rings (SSSR count). The zero-order valence-electron chi connectivity index (χ0n) is 7.42. The minimum Gasteiger partial charge on any atom is -0.339 e. The van der Waals surface area contributed by atoms with Crippen LogP contribution in [-0.4, -0.2) is 29.9 Å². The van der Waals surface area contributed by atoms with Gasteiger partial charge in [-0.05, 0) is 20.8 Å². The van der Waals surface area contributed by atoms with Gasteiger partial charge in [0.2, 0.25) is 5.91 Å². The van der Waals surface area contributed by atoms with Crippen LogP contribution in [0.5, 0.6) is 0 Å². The summed E-state index contributed by atoms with van der Waals surface area (Å²) in [7, 11) is 0. The zero-order chi connectivity index (χ0) is 8.65. The van der Waals surface area contributed by atoms with E-state index < -0.39 is 0 Å². The monoisotopic (exact) mass is 156 g/mol. The molecule has 0 aliphatic carbocycles. The van der Waals surface area contributed by atoms with Crippen molar-refractivity contribution in [3.05, 3.63) is 0 Å². The fourth-order valence-electron chi connectivity index (χ4n) is 1.34. The maximum atomic E-state index is 11.4. The molecule has 2 N–H and O–H groups in total. The molecular weight excluding hydrogens is 140 g/mol. The number of carbonyl (C=O) groups excluding carboxylic acids is 1. The number of likely N-dealkylation sites (tertiary alicyclic amines) is 1. The summed E-state index contributed by atoms with van der Waals surface area (Å²) >= 11 is 0. The van der Waals surface area contributed by atoms with E-state index in [2.05, 4.69) is 0 Å². The van der Waals surface area contributed by atoms with Gasteiger partial charge in [0.1, 0.15) is 0 Å². The molecule has 0 spiro atoms. The molecule has 0 radical (unpaired) electrons. The van der Waals surface area contributed by atoms with Crippen molar-refractivity contribution in [1.82, 2.24) is 4.90 Å². The van der Waals surface area contributed by atoms with Gasteiger partial charge in [-0.25, -0.2) is 0 Å². The van der Waals surface area contributed by atoms with Crippen molar-refractivity contribution in [1.29, 1.82) is 0 Å². The van der Waals surface area contributed by atoms with E-state index in [1.54, 1.807) is 0 Å². The summed E-state index contributed by atoms with van der Waals surface area (Å²) in [5.41, 5.74) is 5.21. The normalized spacial score (nSPS) is 31.0. The molecule has 1 saturated heterocycles. The Kier molecular flexibility index (Phi) is 1.92. The number of nitrogens with two attached hydrogens (primary N) is 1. The summed E-state index contributed by atoms with van der Waals surface area (Å²) in [6, 6.07) is 0.321. The molecular formula is C8H16N2O. The van der Waals surface area contributed by atoms with Gasteiger partial charge in [-0.3, -0.25) is 4.79 Å². The minimum absolute atomic E-state index is 0.204. The third kappa shape index (κ3) is 1.13. The van der Waals surface area contributed by atoms with Crippen molar-refractivity contribution in [3.63, 3.8) is 0 Å². The molecule has 3 heteroatoms. The number of rotatable bonds is 2. The van der Waals surface area contributed by atoms with Crippen molar-refractivity contribution < 1.29 is 4.79 Å². The first-order valence-electron chi connectivity index (χ1n) is 4.02. The first-order chi connectivity index (χ1) is 5.01. The van der Waals surface area contributed by atoms with Crippen LogP contribution >= 0.6 is 0 Å². The molecule has 3 nitrogen and oxygen atoms in total. The Labute approximate surface area is 67.5 Å². The largest absolute Gasteiger partial charge is 0.339 e. The predicted octanol–water partition coefficient (Wildman–Crippen LogP) is 0.202. The highest BCUT2D eigenvalue weighted by Crippen LogP contribution is 2.31. The molecule has 0 aromatic carbocycles. The average molecular weight is 156 g/mol. The predicted molar refractivity (Wildman–Crippen MR) is 44.0 cm³/mol. The van der Waals surface area contributed by atoms with E-state index in [1.165, 1.54) is 0 Å². The van der Waals surface area contributed by atoms with Gasteiger partial charge in [0.25, 0.3) is 0 Å². The second-order valence-electron chi connectivity index (χ2n) is 3.79. The quantitative estimate of drug-likeness (QED) is 0.581. The lowest BCUT2D eigenvalue weighted by molar-refractivity contribution is -0.160. The Hall–Kier alpha value is -0.570. The van der Waals surface area contributed by atoms with E-state index >= 15 is 0 Å². The van der Waals surface area contributed by atoms with Crippen LogP contribution in [0.1, 0.15) is 20.8 Å². The molecule has 64 valence electrons. The Balaban J connectivity index is 2.57. The molecule has 0 aromatic heterocycles. The van der Waals surface area contributed by atoms with Gasteiger partial charge < -0.3 is 10.6 Å². The van der Waals surface area contributed by atoms with Crippen LogP contribution in [0.3, 0.4) is 0 Å². The molecule has 1 fully saturated rings. The van der Waals surface area contributed by atoms with Gasteiger partial charge in [-0.1, -0.05) is 0 Å². The molecule has 1 aliphatic heterocycles. The van der Waals surface area contributed by atoms with E-state index in [0.29, 0.717) is 12.6 Å². The van der Waals surface area contributed by atoms with Gasteiger partial charge >= 0.3 is 0 Å². The molecule has 1 amide bonds. The number of β-lactam (4-membered cyclic amide) rings is 1. The summed E-state index contributed by atoms with van der Waals surface area (Å²) in [4.78, 5) is 13.3. The standard InChI is InChI=1S/C8H16N2O/c1-6(2)10-5-8(3,4-9)7(10)11/h6H,4-5,9H2,1-3H3. The van der Waals surface area contributed by atoms with Crippen molar-refractivity contribution in [2.45, 2.75) is 26.8 Å². The topological polar surface area (TPSA) is 46.3 Å². The number of hydrogen-bond acceptors (Lipinski definition) is 2. The molecule has 1 heterocycles. The average Bonchev–Trinajstić information content (AvgIpc) is 1.98. The lowest BCUT2D eigenvalue weighted by Crippen LogP contribution is -2.64. The minimum atomic E-state index is -0.260. The highest BCUT2D eigenvalue weighted by atomic mass is 16.2. The van der Waals surface area contributed by atoms with Gasteiger partial charge in [0, 0.05) is 19.1 Å². The van der Waals surface area contributed by atoms with E-state index in [-0.39, 0.29) is 11.3 Å². The maximum absolute atomic E-state index is 11.4. The van der Waals surface area contributed by atoms with Crippen LogP contribution in [0.2, 0.25) is 0 Å². The molecule has 1 unspecified atom stereocenters. The van der Waals surface area contributed by atoms with Crippen molar-refractivity contribution in [2.24, 2.45) is 11.1 Å². The number of carbonyl (C=O) groups is 1. The second-order valence-corrected chi connectivity index (χ2v) is 3.79. The summed E-state index contributed by atoms with van der Waals surface area (Å²) in [6.07, 6.45) is 0. The summed E-state index contributed by atoms with van der Waals surface area (Å²) in [5, 5.41) is 0. The maximum Gasteiger partial charge on any atom is 0.231 e. The molecule has 1 atom stereocenters. The van der Waals surface area contributed by atoms with Gasteiger partial charge in [-0.15, -0.1) is 0 Å². The molecule has 0 aromatic rings. The third-order valence-corrected chi connectivity index (χ3v) is 2.37. The smallest absolute Gasteiger partial charge is 0.231 e. The Bertz CT molecular complexity index is 179. The van der Waals surface area contributed by atoms with Crippen LogP contribution in [0.25, 0.3) is 0 Å². The Morgan fingerprint density at radius 1 is 1.73 bits per heavy atom. The fourth-order valence-corrected chi connectivity index (χ4v) is 1.34. The van der Waals surface area contributed by atoms with Crippen molar-refractivity contribution in [3.8, 4) is 0 Å². The molecule has 0 saturated carbocycles. The van der Waals surface area contributed by atoms with Crippen molar-refractivity contribution >= 4 is 5.91 Å². The van der Waals surface area contributed by atoms with E-state index in [1.807, 2.05) is 25.7 Å². The van der Waals surface area contributed by atoms with E-state index in [9.17, 15) is 4.79 Å². The first-order valence-corrected chi connectivity index (χ1v) is 4.02. The fraction of sp³-hybridized carbons (Fsp3) is 0.875. The lowest BCUT2D eigenvalue weighted by Gasteiger charge is -2.48. The van der Waals surface area contributed by atoms with Crippen LogP contribution in [-0.2, 0) is 4.79 Å². The zero-order valence-corrected chi connectivity index (χ0v) is 7.42.